The summed E-state index contributed by atoms with van der Waals surface area (Å²) in [6, 6.07) is 8.85. The van der Waals surface area contributed by atoms with Crippen molar-refractivity contribution in [2.45, 2.75) is 37.0 Å². The van der Waals surface area contributed by atoms with Gasteiger partial charge in [0.1, 0.15) is 4.90 Å². The summed E-state index contributed by atoms with van der Waals surface area (Å²) in [5.41, 5.74) is 1.75. The summed E-state index contributed by atoms with van der Waals surface area (Å²) in [5.74, 6) is -1.17. The van der Waals surface area contributed by atoms with Crippen LogP contribution in [0.2, 0.25) is 0 Å². The monoisotopic (exact) mass is 515 g/mol. The Bertz CT molecular complexity index is 1210. The van der Waals surface area contributed by atoms with Crippen molar-refractivity contribution >= 4 is 33.4 Å². The first-order valence-electron chi connectivity index (χ1n) is 12.3. The molecule has 0 spiro atoms. The molecular weight excluding hydrogens is 482 g/mol. The van der Waals surface area contributed by atoms with Gasteiger partial charge in [0.25, 0.3) is 10.0 Å². The highest BCUT2D eigenvalue weighted by Crippen LogP contribution is 2.32. The average molecular weight is 516 g/mol. The molecule has 5 N–H and O–H groups in total. The van der Waals surface area contributed by atoms with E-state index >= 15 is 0 Å². The predicted molar refractivity (Wildman–Crippen MR) is 138 cm³/mol. The molecule has 1 heterocycles. The average Bonchev–Trinajstić information content (AvgIpc) is 2.87. The van der Waals surface area contributed by atoms with Crippen molar-refractivity contribution in [2.24, 2.45) is 0 Å². The van der Waals surface area contributed by atoms with Gasteiger partial charge < -0.3 is 26.0 Å². The summed E-state index contributed by atoms with van der Waals surface area (Å²) in [6.45, 7) is 5.24. The number of anilines is 2. The van der Waals surface area contributed by atoms with E-state index in [1.54, 1.807) is 18.2 Å². The van der Waals surface area contributed by atoms with Crippen molar-refractivity contribution < 1.29 is 23.1 Å². The van der Waals surface area contributed by atoms with E-state index in [9.17, 15) is 23.1 Å². The second-order valence-corrected chi connectivity index (χ2v) is 10.7. The molecule has 2 amide bonds. The Morgan fingerprint density at radius 2 is 1.75 bits per heavy atom. The Labute approximate surface area is 211 Å². The Hall–Kier alpha value is -3.15. The molecule has 10 nitrogen and oxygen atoms in total. The zero-order valence-electron chi connectivity index (χ0n) is 20.2. The number of para-hydroxylation sites is 1. The zero-order valence-corrected chi connectivity index (χ0v) is 21.0. The van der Waals surface area contributed by atoms with Crippen molar-refractivity contribution in [3.05, 3.63) is 53.1 Å². The van der Waals surface area contributed by atoms with Gasteiger partial charge in [0.05, 0.1) is 16.9 Å². The third-order valence-electron chi connectivity index (χ3n) is 6.56. The normalized spacial score (nSPS) is 16.1. The molecule has 194 valence electrons. The quantitative estimate of drug-likeness (QED) is 0.323. The summed E-state index contributed by atoms with van der Waals surface area (Å²) in [7, 11) is -4.18. The van der Waals surface area contributed by atoms with E-state index in [-0.39, 0.29) is 21.8 Å². The molecule has 0 bridgehead atoms. The molecule has 0 saturated carbocycles. The maximum absolute atomic E-state index is 13.3. The molecule has 1 fully saturated rings. The highest BCUT2D eigenvalue weighted by molar-refractivity contribution is 7.92. The SMILES string of the molecule is O=C(NCCCN1CCNCC1)Nc1ccccc1S(=O)(=O)Nc1ccc2c(c1C(=O)O)CCCC2. The number of benzene rings is 2. The lowest BCUT2D eigenvalue weighted by atomic mass is 9.87. The van der Waals surface area contributed by atoms with Gasteiger partial charge in [-0.15, -0.1) is 0 Å². The Morgan fingerprint density at radius 1 is 1.00 bits per heavy atom. The van der Waals surface area contributed by atoms with Gasteiger partial charge in [0.2, 0.25) is 0 Å². The van der Waals surface area contributed by atoms with E-state index in [4.69, 9.17) is 0 Å². The summed E-state index contributed by atoms with van der Waals surface area (Å²) in [6.07, 6.45) is 4.00. The highest BCUT2D eigenvalue weighted by atomic mass is 32.2. The Kier molecular flexibility index (Phi) is 8.44. The summed E-state index contributed by atoms with van der Waals surface area (Å²) < 4.78 is 29.0. The number of urea groups is 1. The number of carbonyl (C=O) groups is 2. The van der Waals surface area contributed by atoms with Gasteiger partial charge in [-0.2, -0.15) is 0 Å². The minimum absolute atomic E-state index is 0.0107. The minimum atomic E-state index is -4.18. The Morgan fingerprint density at radius 3 is 2.53 bits per heavy atom. The lowest BCUT2D eigenvalue weighted by Crippen LogP contribution is -2.44. The molecule has 2 aliphatic rings. The number of aryl methyl sites for hydroxylation is 1. The molecule has 1 saturated heterocycles. The lowest BCUT2D eigenvalue weighted by Gasteiger charge is -2.27. The molecule has 0 atom stereocenters. The maximum atomic E-state index is 13.3. The highest BCUT2D eigenvalue weighted by Gasteiger charge is 2.26. The molecule has 0 unspecified atom stereocenters. The number of carboxylic acid groups (broad SMARTS) is 1. The fourth-order valence-corrected chi connectivity index (χ4v) is 6.00. The van der Waals surface area contributed by atoms with E-state index in [0.29, 0.717) is 18.5 Å². The fourth-order valence-electron chi connectivity index (χ4n) is 4.77. The van der Waals surface area contributed by atoms with E-state index in [2.05, 4.69) is 25.6 Å². The van der Waals surface area contributed by atoms with Crippen LogP contribution in [-0.4, -0.2) is 69.7 Å². The van der Waals surface area contributed by atoms with Crippen LogP contribution in [0.3, 0.4) is 0 Å². The number of carboxylic acids is 1. The first kappa shape index (κ1) is 25.9. The molecule has 4 rings (SSSR count). The summed E-state index contributed by atoms with van der Waals surface area (Å²) in [4.78, 5) is 26.7. The topological polar surface area (TPSA) is 140 Å². The van der Waals surface area contributed by atoms with Crippen LogP contribution in [-0.2, 0) is 22.9 Å². The maximum Gasteiger partial charge on any atom is 0.338 e. The van der Waals surface area contributed by atoms with Crippen molar-refractivity contribution in [2.75, 3.05) is 49.3 Å². The van der Waals surface area contributed by atoms with Crippen LogP contribution in [0, 0.1) is 0 Å². The molecule has 0 aromatic heterocycles. The van der Waals surface area contributed by atoms with Crippen LogP contribution < -0.4 is 20.7 Å². The second kappa shape index (κ2) is 11.7. The van der Waals surface area contributed by atoms with Gasteiger partial charge in [0.15, 0.2) is 0 Å². The number of piperazine rings is 1. The standard InChI is InChI=1S/C25H33N5O5S/c31-24(32)23-19-7-2-1-6-18(19)10-11-21(23)29-36(34,35)22-9-4-3-8-20(22)28-25(33)27-12-5-15-30-16-13-26-14-17-30/h3-4,8-11,26,29H,1-2,5-7,12-17H2,(H,31,32)(H2,27,28,33). The second-order valence-electron chi connectivity index (χ2n) is 9.07. The number of nitrogens with one attached hydrogen (secondary N) is 4. The molecule has 1 aliphatic carbocycles. The molecule has 0 radical (unpaired) electrons. The van der Waals surface area contributed by atoms with Gasteiger partial charge in [-0.25, -0.2) is 18.0 Å². The van der Waals surface area contributed by atoms with Gasteiger partial charge in [-0.05, 0) is 68.0 Å². The number of sulfonamides is 1. The lowest BCUT2D eigenvalue weighted by molar-refractivity contribution is 0.0696. The van der Waals surface area contributed by atoms with E-state index in [1.165, 1.54) is 18.2 Å². The smallest absolute Gasteiger partial charge is 0.338 e. The molecule has 11 heteroatoms. The fraction of sp³-hybridized carbons (Fsp3) is 0.440. The molecule has 2 aromatic rings. The Balaban J connectivity index is 1.44. The summed E-state index contributed by atoms with van der Waals surface area (Å²) in [5, 5.41) is 18.5. The van der Waals surface area contributed by atoms with Crippen LogP contribution in [0.25, 0.3) is 0 Å². The van der Waals surface area contributed by atoms with Crippen LogP contribution in [0.4, 0.5) is 16.2 Å². The van der Waals surface area contributed by atoms with Crippen molar-refractivity contribution in [3.8, 4) is 0 Å². The number of rotatable bonds is 9. The molecule has 2 aromatic carbocycles. The van der Waals surface area contributed by atoms with Gasteiger partial charge in [-0.1, -0.05) is 18.2 Å². The van der Waals surface area contributed by atoms with Gasteiger partial charge in [0, 0.05) is 32.7 Å². The predicted octanol–water partition coefficient (Wildman–Crippen LogP) is 2.48. The molecular formula is C25H33N5O5S. The molecule has 1 aliphatic heterocycles. The van der Waals surface area contributed by atoms with E-state index < -0.39 is 22.0 Å². The van der Waals surface area contributed by atoms with Crippen molar-refractivity contribution in [1.82, 2.24) is 15.5 Å². The van der Waals surface area contributed by atoms with Crippen LogP contribution in [0.5, 0.6) is 0 Å². The largest absolute Gasteiger partial charge is 0.478 e. The number of amides is 2. The number of aromatic carboxylic acids is 1. The molecule has 36 heavy (non-hydrogen) atoms. The van der Waals surface area contributed by atoms with Crippen LogP contribution >= 0.6 is 0 Å². The van der Waals surface area contributed by atoms with Crippen LogP contribution in [0.1, 0.15) is 40.7 Å². The number of nitrogens with zero attached hydrogens (tertiary/aromatic N) is 1. The number of fused-ring (bicyclic) bond motifs is 1. The zero-order chi connectivity index (χ0) is 25.5. The first-order chi connectivity index (χ1) is 17.3. The third-order valence-corrected chi connectivity index (χ3v) is 7.99. The van der Waals surface area contributed by atoms with E-state index in [0.717, 1.165) is 64.0 Å². The number of carbonyl (C=O) groups excluding carboxylic acids is 1. The van der Waals surface area contributed by atoms with Crippen molar-refractivity contribution in [3.63, 3.8) is 0 Å². The third kappa shape index (κ3) is 6.34. The van der Waals surface area contributed by atoms with Crippen LogP contribution in [0.15, 0.2) is 41.3 Å². The van der Waals surface area contributed by atoms with Gasteiger partial charge in [-0.3, -0.25) is 4.72 Å². The summed E-state index contributed by atoms with van der Waals surface area (Å²) >= 11 is 0. The minimum Gasteiger partial charge on any atom is -0.478 e. The number of hydrogen-bond donors (Lipinski definition) is 5. The number of hydrogen-bond acceptors (Lipinski definition) is 6. The van der Waals surface area contributed by atoms with Gasteiger partial charge >= 0.3 is 12.0 Å². The van der Waals surface area contributed by atoms with Crippen molar-refractivity contribution in [1.29, 1.82) is 0 Å². The first-order valence-corrected chi connectivity index (χ1v) is 13.8. The van der Waals surface area contributed by atoms with E-state index in [1.807, 2.05) is 0 Å².